The van der Waals surface area contributed by atoms with Gasteiger partial charge in [0.05, 0.1) is 5.56 Å². The number of likely N-dealkylation sites (tertiary alicyclic amines) is 1. The van der Waals surface area contributed by atoms with Gasteiger partial charge in [0, 0.05) is 24.2 Å². The van der Waals surface area contributed by atoms with E-state index in [1.165, 1.54) is 12.1 Å². The first-order chi connectivity index (χ1) is 8.99. The first-order valence-electron chi connectivity index (χ1n) is 6.43. The van der Waals surface area contributed by atoms with Crippen LogP contribution in [0.4, 0.5) is 0 Å². The van der Waals surface area contributed by atoms with Crippen LogP contribution in [0.2, 0.25) is 5.02 Å². The number of aromatic hydroxyl groups is 1. The molecule has 4 nitrogen and oxygen atoms in total. The molecule has 2 rings (SSSR count). The second-order valence-electron chi connectivity index (χ2n) is 5.22. The molecule has 0 spiro atoms. The molecule has 1 aliphatic rings. The van der Waals surface area contributed by atoms with Crippen LogP contribution in [0.25, 0.3) is 0 Å². The van der Waals surface area contributed by atoms with Crippen molar-refractivity contribution in [3.05, 3.63) is 28.8 Å². The van der Waals surface area contributed by atoms with Crippen molar-refractivity contribution in [1.82, 2.24) is 9.80 Å². The van der Waals surface area contributed by atoms with Gasteiger partial charge in [-0.3, -0.25) is 4.79 Å². The van der Waals surface area contributed by atoms with Gasteiger partial charge in [-0.15, -0.1) is 0 Å². The Morgan fingerprint density at radius 3 is 2.95 bits per heavy atom. The number of hydrogen-bond acceptors (Lipinski definition) is 3. The van der Waals surface area contributed by atoms with E-state index in [0.29, 0.717) is 5.02 Å². The summed E-state index contributed by atoms with van der Waals surface area (Å²) in [6, 6.07) is 4.78. The summed E-state index contributed by atoms with van der Waals surface area (Å²) >= 11 is 5.90. The fourth-order valence-corrected chi connectivity index (χ4v) is 2.72. The molecule has 1 atom stereocenters. The van der Waals surface area contributed by atoms with Crippen LogP contribution < -0.4 is 0 Å². The largest absolute Gasteiger partial charge is 0.507 e. The molecule has 1 amide bonds. The van der Waals surface area contributed by atoms with E-state index < -0.39 is 0 Å². The third-order valence-corrected chi connectivity index (χ3v) is 3.64. The molecule has 1 saturated heterocycles. The van der Waals surface area contributed by atoms with Gasteiger partial charge in [0.15, 0.2) is 0 Å². The Balaban J connectivity index is 2.20. The number of carbonyl (C=O) groups is 1. The SMILES string of the molecule is CN(C)CC1CCCN1C(=O)c1cc(Cl)ccc1O. The van der Waals surface area contributed by atoms with Crippen molar-refractivity contribution in [1.29, 1.82) is 0 Å². The molecule has 1 aliphatic heterocycles. The van der Waals surface area contributed by atoms with Crippen molar-refractivity contribution < 1.29 is 9.90 Å². The molecule has 104 valence electrons. The van der Waals surface area contributed by atoms with Crippen molar-refractivity contribution in [3.63, 3.8) is 0 Å². The zero-order chi connectivity index (χ0) is 14.0. The van der Waals surface area contributed by atoms with E-state index in [2.05, 4.69) is 4.90 Å². The molecule has 1 unspecified atom stereocenters. The van der Waals surface area contributed by atoms with Gasteiger partial charge < -0.3 is 14.9 Å². The van der Waals surface area contributed by atoms with E-state index in [4.69, 9.17) is 11.6 Å². The monoisotopic (exact) mass is 282 g/mol. The van der Waals surface area contributed by atoms with E-state index in [9.17, 15) is 9.90 Å². The minimum atomic E-state index is -0.135. The molecule has 0 radical (unpaired) electrons. The van der Waals surface area contributed by atoms with Gasteiger partial charge in [-0.05, 0) is 45.1 Å². The maximum Gasteiger partial charge on any atom is 0.257 e. The smallest absolute Gasteiger partial charge is 0.257 e. The van der Waals surface area contributed by atoms with Crippen molar-refractivity contribution in [3.8, 4) is 5.75 Å². The molecular weight excluding hydrogens is 264 g/mol. The zero-order valence-corrected chi connectivity index (χ0v) is 12.0. The molecule has 19 heavy (non-hydrogen) atoms. The Morgan fingerprint density at radius 1 is 1.53 bits per heavy atom. The zero-order valence-electron chi connectivity index (χ0n) is 11.3. The molecule has 0 aromatic heterocycles. The predicted molar refractivity (Wildman–Crippen MR) is 75.7 cm³/mol. The summed E-state index contributed by atoms with van der Waals surface area (Å²) in [7, 11) is 4.00. The Kier molecular flexibility index (Phi) is 4.32. The summed E-state index contributed by atoms with van der Waals surface area (Å²) in [4.78, 5) is 16.4. The third kappa shape index (κ3) is 3.19. The molecular formula is C14H19ClN2O2. The fourth-order valence-electron chi connectivity index (χ4n) is 2.55. The average molecular weight is 283 g/mol. The lowest BCUT2D eigenvalue weighted by atomic mass is 10.1. The Bertz CT molecular complexity index is 477. The van der Waals surface area contributed by atoms with Crippen molar-refractivity contribution >= 4 is 17.5 Å². The van der Waals surface area contributed by atoms with Crippen LogP contribution in [0, 0.1) is 0 Å². The van der Waals surface area contributed by atoms with Crippen LogP contribution in [0.3, 0.4) is 0 Å². The number of hydrogen-bond donors (Lipinski definition) is 1. The number of carbonyl (C=O) groups excluding carboxylic acids is 1. The standard InChI is InChI=1S/C14H19ClN2O2/c1-16(2)9-11-4-3-7-17(11)14(19)12-8-10(15)5-6-13(12)18/h5-6,8,11,18H,3-4,7,9H2,1-2H3. The molecule has 1 fully saturated rings. The van der Waals surface area contributed by atoms with Crippen molar-refractivity contribution in [2.75, 3.05) is 27.2 Å². The predicted octanol–water partition coefficient (Wildman–Crippen LogP) is 2.21. The van der Waals surface area contributed by atoms with Crippen LogP contribution in [0.5, 0.6) is 5.75 Å². The number of rotatable bonds is 3. The molecule has 5 heteroatoms. The lowest BCUT2D eigenvalue weighted by Crippen LogP contribution is -2.41. The molecule has 1 aromatic carbocycles. The summed E-state index contributed by atoms with van der Waals surface area (Å²) < 4.78 is 0. The van der Waals surface area contributed by atoms with Gasteiger partial charge in [0.2, 0.25) is 0 Å². The number of phenolic OH excluding ortho intramolecular Hbond substituents is 1. The second kappa shape index (κ2) is 5.80. The number of amides is 1. The highest BCUT2D eigenvalue weighted by Crippen LogP contribution is 2.27. The van der Waals surface area contributed by atoms with Gasteiger partial charge in [-0.25, -0.2) is 0 Å². The summed E-state index contributed by atoms with van der Waals surface area (Å²) in [6.07, 6.45) is 2.01. The number of benzene rings is 1. The average Bonchev–Trinajstić information content (AvgIpc) is 2.78. The molecule has 1 heterocycles. The van der Waals surface area contributed by atoms with E-state index in [1.807, 2.05) is 19.0 Å². The summed E-state index contributed by atoms with van der Waals surface area (Å²) in [5.74, 6) is -0.144. The van der Waals surface area contributed by atoms with Crippen molar-refractivity contribution in [2.24, 2.45) is 0 Å². The maximum absolute atomic E-state index is 12.5. The first kappa shape index (κ1) is 14.2. The molecule has 0 aliphatic carbocycles. The summed E-state index contributed by atoms with van der Waals surface area (Å²) in [6.45, 7) is 1.58. The van der Waals surface area contributed by atoms with Crippen LogP contribution in [0.15, 0.2) is 18.2 Å². The van der Waals surface area contributed by atoms with Crippen LogP contribution in [-0.4, -0.2) is 54.0 Å². The van der Waals surface area contributed by atoms with Crippen LogP contribution in [0.1, 0.15) is 23.2 Å². The quantitative estimate of drug-likeness (QED) is 0.924. The lowest BCUT2D eigenvalue weighted by Gasteiger charge is -2.27. The molecule has 0 saturated carbocycles. The van der Waals surface area contributed by atoms with Gasteiger partial charge in [0.1, 0.15) is 5.75 Å². The van der Waals surface area contributed by atoms with E-state index in [-0.39, 0.29) is 23.3 Å². The van der Waals surface area contributed by atoms with Crippen molar-refractivity contribution in [2.45, 2.75) is 18.9 Å². The van der Waals surface area contributed by atoms with E-state index in [1.54, 1.807) is 6.07 Å². The Hall–Kier alpha value is -1.26. The van der Waals surface area contributed by atoms with Gasteiger partial charge in [-0.1, -0.05) is 11.6 Å². The minimum absolute atomic E-state index is 0.00935. The highest BCUT2D eigenvalue weighted by molar-refractivity contribution is 6.31. The van der Waals surface area contributed by atoms with E-state index >= 15 is 0 Å². The number of nitrogens with zero attached hydrogens (tertiary/aromatic N) is 2. The normalized spacial score (nSPS) is 19.2. The third-order valence-electron chi connectivity index (χ3n) is 3.40. The number of phenols is 1. The summed E-state index contributed by atoms with van der Waals surface area (Å²) in [5, 5.41) is 10.3. The van der Waals surface area contributed by atoms with Gasteiger partial charge >= 0.3 is 0 Å². The lowest BCUT2D eigenvalue weighted by molar-refractivity contribution is 0.0713. The fraction of sp³-hybridized carbons (Fsp3) is 0.500. The maximum atomic E-state index is 12.5. The Morgan fingerprint density at radius 2 is 2.26 bits per heavy atom. The minimum Gasteiger partial charge on any atom is -0.507 e. The first-order valence-corrected chi connectivity index (χ1v) is 6.81. The molecule has 1 N–H and O–H groups in total. The van der Waals surface area contributed by atoms with Crippen LogP contribution in [-0.2, 0) is 0 Å². The highest BCUT2D eigenvalue weighted by Gasteiger charge is 2.30. The molecule has 0 bridgehead atoms. The number of halogens is 1. The highest BCUT2D eigenvalue weighted by atomic mass is 35.5. The second-order valence-corrected chi connectivity index (χ2v) is 5.65. The summed E-state index contributed by atoms with van der Waals surface area (Å²) in [5.41, 5.74) is 0.290. The van der Waals surface area contributed by atoms with Gasteiger partial charge in [-0.2, -0.15) is 0 Å². The Labute approximate surface area is 118 Å². The molecule has 1 aromatic rings. The van der Waals surface area contributed by atoms with Crippen LogP contribution >= 0.6 is 11.6 Å². The van der Waals surface area contributed by atoms with Gasteiger partial charge in [0.25, 0.3) is 5.91 Å². The topological polar surface area (TPSA) is 43.8 Å². The van der Waals surface area contributed by atoms with E-state index in [0.717, 1.165) is 25.9 Å². The number of likely N-dealkylation sites (N-methyl/N-ethyl adjacent to an activating group) is 1.